The van der Waals surface area contributed by atoms with Crippen LogP contribution in [0.2, 0.25) is 0 Å². The second-order valence-corrected chi connectivity index (χ2v) is 0.842. The first kappa shape index (κ1) is 22.9. The Balaban J connectivity index is -0.0000000573. The monoisotopic (exact) mass is 210 g/mol. The van der Waals surface area contributed by atoms with E-state index in [1.807, 2.05) is 41.5 Å². The molecule has 0 unspecified atom stereocenters. The average Bonchev–Trinajstić information content (AvgIpc) is 2.13. The molecule has 5 heteroatoms. The minimum atomic E-state index is -5.33. The SMILES string of the molecule is CC.CC.CC.FC(F)C(F)(F)F. The highest BCUT2D eigenvalue weighted by Gasteiger charge is 2.40. The Bertz CT molecular complexity index is 58.0. The van der Waals surface area contributed by atoms with Crippen LogP contribution in [0.15, 0.2) is 0 Å². The van der Waals surface area contributed by atoms with E-state index in [-0.39, 0.29) is 0 Å². The zero-order chi connectivity index (χ0) is 12.1. The number of rotatable bonds is 0. The van der Waals surface area contributed by atoms with E-state index in [0.717, 1.165) is 0 Å². The summed E-state index contributed by atoms with van der Waals surface area (Å²) in [5.41, 5.74) is 0. The largest absolute Gasteiger partial charge is 0.450 e. The van der Waals surface area contributed by atoms with Crippen LogP contribution in [0.5, 0.6) is 0 Å². The summed E-state index contributed by atoms with van der Waals surface area (Å²) in [5, 5.41) is 0. The summed E-state index contributed by atoms with van der Waals surface area (Å²) in [6, 6.07) is 0. The lowest BCUT2D eigenvalue weighted by molar-refractivity contribution is -0.219. The van der Waals surface area contributed by atoms with Gasteiger partial charge in [-0.1, -0.05) is 41.5 Å². The van der Waals surface area contributed by atoms with Crippen molar-refractivity contribution in [1.29, 1.82) is 0 Å². The van der Waals surface area contributed by atoms with Crippen molar-refractivity contribution in [2.75, 3.05) is 0 Å². The summed E-state index contributed by atoms with van der Waals surface area (Å²) in [7, 11) is 0. The van der Waals surface area contributed by atoms with Crippen LogP contribution in [-0.2, 0) is 0 Å². The first-order valence-corrected chi connectivity index (χ1v) is 4.29. The van der Waals surface area contributed by atoms with E-state index in [1.54, 1.807) is 0 Å². The minimum absolute atomic E-state index is 2.00. The van der Waals surface area contributed by atoms with Gasteiger partial charge in [0.2, 0.25) is 0 Å². The van der Waals surface area contributed by atoms with Crippen molar-refractivity contribution in [3.63, 3.8) is 0 Å². The van der Waals surface area contributed by atoms with E-state index in [0.29, 0.717) is 0 Å². The van der Waals surface area contributed by atoms with Gasteiger partial charge in [0.15, 0.2) is 0 Å². The Hall–Kier alpha value is -0.350. The topological polar surface area (TPSA) is 0 Å². The van der Waals surface area contributed by atoms with Crippen molar-refractivity contribution in [1.82, 2.24) is 0 Å². The van der Waals surface area contributed by atoms with Gasteiger partial charge in [0, 0.05) is 0 Å². The van der Waals surface area contributed by atoms with Crippen LogP contribution in [0.25, 0.3) is 0 Å². The van der Waals surface area contributed by atoms with Crippen molar-refractivity contribution in [3.05, 3.63) is 0 Å². The van der Waals surface area contributed by atoms with Crippen LogP contribution in [0.4, 0.5) is 22.0 Å². The molecule has 0 aromatic heterocycles. The highest BCUT2D eigenvalue weighted by atomic mass is 19.4. The molecular weight excluding hydrogens is 191 g/mol. The molecule has 0 N–H and O–H groups in total. The van der Waals surface area contributed by atoms with Gasteiger partial charge in [-0.05, 0) is 0 Å². The van der Waals surface area contributed by atoms with Crippen molar-refractivity contribution >= 4 is 0 Å². The van der Waals surface area contributed by atoms with Crippen LogP contribution in [0.1, 0.15) is 41.5 Å². The third-order valence-corrected chi connectivity index (χ3v) is 0.247. The predicted molar refractivity (Wildman–Crippen MR) is 46.1 cm³/mol. The highest BCUT2D eigenvalue weighted by molar-refractivity contribution is 4.48. The minimum Gasteiger partial charge on any atom is -0.200 e. The van der Waals surface area contributed by atoms with Crippen LogP contribution < -0.4 is 0 Å². The van der Waals surface area contributed by atoms with E-state index >= 15 is 0 Å². The Kier molecular flexibility index (Phi) is 31.2. The maximum absolute atomic E-state index is 10.4. The summed E-state index contributed by atoms with van der Waals surface area (Å²) in [4.78, 5) is 0. The van der Waals surface area contributed by atoms with E-state index in [1.165, 1.54) is 0 Å². The number of hydrogen-bond acceptors (Lipinski definition) is 0. The average molecular weight is 210 g/mol. The molecule has 0 amide bonds. The van der Waals surface area contributed by atoms with E-state index in [9.17, 15) is 22.0 Å². The summed E-state index contributed by atoms with van der Waals surface area (Å²) in [6.45, 7) is 12.0. The van der Waals surface area contributed by atoms with Crippen LogP contribution in [0, 0.1) is 0 Å². The molecule has 0 aliphatic rings. The van der Waals surface area contributed by atoms with Crippen LogP contribution >= 0.6 is 0 Å². The van der Waals surface area contributed by atoms with Crippen molar-refractivity contribution in [2.45, 2.75) is 54.1 Å². The number of halogens is 5. The molecule has 0 radical (unpaired) electrons. The zero-order valence-electron chi connectivity index (χ0n) is 8.97. The van der Waals surface area contributed by atoms with Gasteiger partial charge in [-0.15, -0.1) is 0 Å². The van der Waals surface area contributed by atoms with Crippen LogP contribution in [0.3, 0.4) is 0 Å². The summed E-state index contributed by atoms with van der Waals surface area (Å²) in [6.07, 6.45) is -9.53. The lowest BCUT2D eigenvalue weighted by Gasteiger charge is -2.00. The molecule has 0 aromatic carbocycles. The van der Waals surface area contributed by atoms with Gasteiger partial charge >= 0.3 is 12.6 Å². The molecule has 0 heterocycles. The normalized spacial score (nSPS) is 8.31. The van der Waals surface area contributed by atoms with Crippen molar-refractivity contribution in [2.24, 2.45) is 0 Å². The van der Waals surface area contributed by atoms with Gasteiger partial charge in [0.1, 0.15) is 0 Å². The van der Waals surface area contributed by atoms with Gasteiger partial charge in [-0.2, -0.15) is 13.2 Å². The van der Waals surface area contributed by atoms with Gasteiger partial charge in [0.25, 0.3) is 0 Å². The fraction of sp³-hybridized carbons (Fsp3) is 1.00. The molecule has 0 aliphatic carbocycles. The second kappa shape index (κ2) is 17.7. The number of hydrogen-bond donors (Lipinski definition) is 0. The summed E-state index contributed by atoms with van der Waals surface area (Å²) in [5.74, 6) is 0. The smallest absolute Gasteiger partial charge is 0.200 e. The molecule has 0 spiro atoms. The first-order valence-electron chi connectivity index (χ1n) is 4.29. The summed E-state index contributed by atoms with van der Waals surface area (Å²) >= 11 is 0. The molecule has 0 rings (SSSR count). The molecule has 0 saturated carbocycles. The van der Waals surface area contributed by atoms with Crippen molar-refractivity contribution in [3.8, 4) is 0 Å². The lowest BCUT2D eigenvalue weighted by atomic mass is 10.7. The fourth-order valence-electron chi connectivity index (χ4n) is 0. The van der Waals surface area contributed by atoms with Gasteiger partial charge < -0.3 is 0 Å². The maximum Gasteiger partial charge on any atom is 0.450 e. The van der Waals surface area contributed by atoms with E-state index in [4.69, 9.17) is 0 Å². The molecule has 0 fully saturated rings. The standard InChI is InChI=1S/C2HF5.3C2H6/c3-1(4)2(5,6)7;3*1-2/h1H;3*1-2H3. The molecule has 86 valence electrons. The predicted octanol–water partition coefficient (Wildman–Crippen LogP) is 4.89. The molecule has 13 heavy (non-hydrogen) atoms. The van der Waals surface area contributed by atoms with Gasteiger partial charge in [-0.25, -0.2) is 8.78 Å². The third kappa shape index (κ3) is 34.0. The highest BCUT2D eigenvalue weighted by Crippen LogP contribution is 2.22. The molecule has 0 bridgehead atoms. The second-order valence-electron chi connectivity index (χ2n) is 0.842. The molecule has 0 saturated heterocycles. The molecule has 0 nitrogen and oxygen atoms in total. The fourth-order valence-corrected chi connectivity index (χ4v) is 0. The van der Waals surface area contributed by atoms with E-state index < -0.39 is 12.6 Å². The first-order chi connectivity index (χ1) is 5.94. The quantitative estimate of drug-likeness (QED) is 0.499. The van der Waals surface area contributed by atoms with Gasteiger partial charge in [-0.3, -0.25) is 0 Å². The summed E-state index contributed by atoms with van der Waals surface area (Å²) < 4.78 is 52.1. The Morgan fingerprint density at radius 2 is 0.769 bits per heavy atom. The Morgan fingerprint density at radius 3 is 0.769 bits per heavy atom. The van der Waals surface area contributed by atoms with Gasteiger partial charge in [0.05, 0.1) is 0 Å². The number of alkyl halides is 5. The molecule has 0 aromatic rings. The lowest BCUT2D eigenvalue weighted by Crippen LogP contribution is -2.18. The Labute approximate surface area is 77.1 Å². The zero-order valence-corrected chi connectivity index (χ0v) is 8.97. The maximum atomic E-state index is 10.4. The van der Waals surface area contributed by atoms with E-state index in [2.05, 4.69) is 0 Å². The molecule has 0 aliphatic heterocycles. The van der Waals surface area contributed by atoms with Crippen LogP contribution in [-0.4, -0.2) is 12.6 Å². The Morgan fingerprint density at radius 1 is 0.692 bits per heavy atom. The van der Waals surface area contributed by atoms with Crippen molar-refractivity contribution < 1.29 is 22.0 Å². The molecular formula is C8H19F5. The third-order valence-electron chi connectivity index (χ3n) is 0.247. The molecule has 0 atom stereocenters.